The molecule has 0 radical (unpaired) electrons. The topological polar surface area (TPSA) is 594 Å². The number of hydrogen-bond donors (Lipinski definition) is 19. The van der Waals surface area contributed by atoms with Crippen LogP contribution in [0.15, 0.2) is 45.3 Å². The molecule has 1 saturated carbocycles. The lowest BCUT2D eigenvalue weighted by Crippen LogP contribution is -2.62. The number of aliphatic imine (C=N–C) groups is 3. The van der Waals surface area contributed by atoms with Gasteiger partial charge in [0.15, 0.2) is 17.9 Å². The minimum atomic E-state index is -1.93. The third-order valence-electron chi connectivity index (χ3n) is 16.2. The minimum Gasteiger partial charge on any atom is -0.481 e. The van der Waals surface area contributed by atoms with Crippen molar-refractivity contribution < 1.29 is 67.4 Å². The molecule has 1 heterocycles. The van der Waals surface area contributed by atoms with E-state index in [0.29, 0.717) is 18.4 Å². The average molecular weight is 1420 g/mol. The predicted molar refractivity (Wildman–Crippen MR) is 370 cm³/mol. The van der Waals surface area contributed by atoms with Gasteiger partial charge in [-0.3, -0.25) is 77.3 Å². The fourth-order valence-corrected chi connectivity index (χ4v) is 12.6. The lowest BCUT2D eigenvalue weighted by atomic mass is 9.83. The van der Waals surface area contributed by atoms with E-state index >= 15 is 0 Å². The molecule has 0 aromatic heterocycles. The van der Waals surface area contributed by atoms with Crippen molar-refractivity contribution in [1.82, 2.24) is 58.5 Å². The predicted octanol–water partition coefficient (Wildman–Crippen LogP) is -4.60. The molecule has 12 amide bonds. The summed E-state index contributed by atoms with van der Waals surface area (Å²) in [7, 11) is 2.27. The third kappa shape index (κ3) is 31.8. The highest BCUT2D eigenvalue weighted by Gasteiger charge is 2.38. The van der Waals surface area contributed by atoms with Crippen molar-refractivity contribution >= 4 is 116 Å². The number of benzene rings is 1. The van der Waals surface area contributed by atoms with E-state index in [9.17, 15) is 67.4 Å². The van der Waals surface area contributed by atoms with Crippen LogP contribution >= 0.6 is 21.6 Å². The van der Waals surface area contributed by atoms with Crippen LogP contribution in [0.1, 0.15) is 130 Å². The van der Waals surface area contributed by atoms with Crippen LogP contribution in [0.25, 0.3) is 0 Å². The number of amides is 12. The zero-order chi connectivity index (χ0) is 72.9. The van der Waals surface area contributed by atoms with E-state index in [0.717, 1.165) is 30.1 Å². The standard InChI is InChI=1S/C61H101N21O14S2/c1-5-33(3)47-57(95)77-40(28-35-16-9-7-10-17-35)54(92)75-38(21-14-25-70-60(65)66)51(89)79-42(50(62)88)32-98-97-27-23-43(83)80-49(36-18-11-8-12-19-36)56(94)73-30-44(84)72-31-45(85)74-37(20-13-24-69-59(63)64)52(90)81-48(34(4)6-2)58(96)78-41(29-46(86)87)55(93)76-39(53(91)82-47)22-15-26-71-61(67)68/h7,9-10,16-17,33-34,36-42,47-49H,5-6,8,11-15,18-32H2,1-4H3,(H2,62,88)(H,72,84)(H,73,94)(H,74,85)(H,75,92)(H,76,93)(H,77,95)(H,78,96)(H,79,89)(H,80,83)(H,81,90)(H,82,91)(H,86,87)(H4,63,64,69)(H4,65,66,70)(H4,67,68,71)/t33-,34-,37+,38+,39-,40+,41+,42+,47+,48-,49+/m0/s1. The van der Waals surface area contributed by atoms with Gasteiger partial charge in [0.2, 0.25) is 70.9 Å². The van der Waals surface area contributed by atoms with Crippen molar-refractivity contribution in [3.8, 4) is 0 Å². The molecule has 2 fully saturated rings. The number of nitrogens with zero attached hydrogens (tertiary/aromatic N) is 3. The first-order valence-corrected chi connectivity index (χ1v) is 35.2. The molecule has 1 aliphatic carbocycles. The number of nitrogens with two attached hydrogens (primary N) is 7. The quantitative estimate of drug-likeness (QED) is 0.0225. The van der Waals surface area contributed by atoms with Gasteiger partial charge in [0.05, 0.1) is 19.5 Å². The molecule has 1 aromatic rings. The number of primary amides is 1. The average Bonchev–Trinajstić information content (AvgIpc) is 0.872. The Hall–Kier alpha value is -9.16. The number of aliphatic carboxylic acids is 1. The number of hydrogen-bond acceptors (Lipinski definition) is 18. The Morgan fingerprint density at radius 2 is 0.959 bits per heavy atom. The van der Waals surface area contributed by atoms with Crippen LogP contribution in [-0.4, -0.2) is 198 Å². The molecule has 11 atom stereocenters. The van der Waals surface area contributed by atoms with Crippen molar-refractivity contribution in [2.45, 2.75) is 185 Å². The van der Waals surface area contributed by atoms with Gasteiger partial charge in [0.25, 0.3) is 0 Å². The number of guanidine groups is 3. The highest BCUT2D eigenvalue weighted by Crippen LogP contribution is 2.28. The summed E-state index contributed by atoms with van der Waals surface area (Å²) in [6, 6.07) is -4.62. The Labute approximate surface area is 577 Å². The lowest BCUT2D eigenvalue weighted by Gasteiger charge is -2.30. The molecule has 35 nitrogen and oxygen atoms in total. The molecule has 98 heavy (non-hydrogen) atoms. The SMILES string of the molecule is CC[C@H](C)[C@@H]1NC(=O)[C@@H](CCCN=C(N)N)NC(=O)CNC(=O)CNC(=O)[C@@H](C2CCCCC2)NC(=O)CCSSC[C@H](C(N)=O)NC(=O)[C@@H](CCCN=C(N)N)NC(=O)[C@@H](Cc2ccccc2)NC(=O)[C@@H]([C@@H](C)CC)NC(=O)[C@H](CCCN=C(N)N)NC(=O)[C@@H](CC(=O)O)NC1=O. The molecule has 2 aliphatic rings. The maximum absolute atomic E-state index is 14.8. The minimum absolute atomic E-state index is 0.00103. The van der Waals surface area contributed by atoms with E-state index in [2.05, 4.69) is 73.5 Å². The van der Waals surface area contributed by atoms with Crippen LogP contribution in [0.5, 0.6) is 0 Å². The van der Waals surface area contributed by atoms with Crippen molar-refractivity contribution in [3.05, 3.63) is 35.9 Å². The molecular weight excluding hydrogens is 1310 g/mol. The smallest absolute Gasteiger partial charge is 0.305 e. The molecule has 26 N–H and O–H groups in total. The fourth-order valence-electron chi connectivity index (χ4n) is 10.4. The zero-order valence-corrected chi connectivity index (χ0v) is 57.7. The summed E-state index contributed by atoms with van der Waals surface area (Å²) in [6.07, 6.45) is 2.66. The second-order valence-corrected chi connectivity index (χ2v) is 26.6. The second kappa shape index (κ2) is 44.6. The van der Waals surface area contributed by atoms with Crippen molar-refractivity contribution in [2.75, 3.05) is 44.2 Å². The van der Waals surface area contributed by atoms with Gasteiger partial charge in [-0.15, -0.1) is 0 Å². The summed E-state index contributed by atoms with van der Waals surface area (Å²) in [6.45, 7) is 5.24. The van der Waals surface area contributed by atoms with Gasteiger partial charge in [-0.1, -0.05) is 112 Å². The van der Waals surface area contributed by atoms with Crippen molar-refractivity contribution in [2.24, 2.45) is 72.9 Å². The maximum Gasteiger partial charge on any atom is 0.305 e. The van der Waals surface area contributed by atoms with Crippen LogP contribution in [-0.2, 0) is 68.7 Å². The van der Waals surface area contributed by atoms with Gasteiger partial charge >= 0.3 is 5.97 Å². The van der Waals surface area contributed by atoms with Crippen LogP contribution in [0.2, 0.25) is 0 Å². The second-order valence-electron chi connectivity index (χ2n) is 24.0. The number of carboxylic acids is 1. The summed E-state index contributed by atoms with van der Waals surface area (Å²) in [4.78, 5) is 193. The monoisotopic (exact) mass is 1420 g/mol. The Morgan fingerprint density at radius 3 is 1.44 bits per heavy atom. The van der Waals surface area contributed by atoms with E-state index in [1.165, 1.54) is 10.8 Å². The number of rotatable bonds is 22. The maximum atomic E-state index is 14.8. The molecule has 1 aromatic carbocycles. The van der Waals surface area contributed by atoms with E-state index in [1.54, 1.807) is 58.0 Å². The first-order chi connectivity index (χ1) is 46.5. The van der Waals surface area contributed by atoms with Gasteiger partial charge in [0.1, 0.15) is 54.4 Å². The van der Waals surface area contributed by atoms with Gasteiger partial charge in [0, 0.05) is 44.0 Å². The zero-order valence-electron chi connectivity index (χ0n) is 56.0. The normalized spacial score (nSPS) is 24.2. The first-order valence-electron chi connectivity index (χ1n) is 32.7. The molecular formula is C61H101N21O14S2. The Bertz CT molecular complexity index is 2950. The van der Waals surface area contributed by atoms with E-state index in [1.807, 2.05) is 0 Å². The van der Waals surface area contributed by atoms with Gasteiger partial charge in [-0.05, 0) is 74.7 Å². The number of carboxylic acid groups (broad SMARTS) is 1. The summed E-state index contributed by atoms with van der Waals surface area (Å²) in [5, 5.41) is 38.6. The first kappa shape index (κ1) is 83.1. The Morgan fingerprint density at radius 1 is 0.510 bits per heavy atom. The highest BCUT2D eigenvalue weighted by atomic mass is 33.1. The summed E-state index contributed by atoms with van der Waals surface area (Å²) < 4.78 is 0. The molecule has 37 heteroatoms. The number of carbonyl (C=O) groups is 13. The van der Waals surface area contributed by atoms with Crippen LogP contribution < -0.4 is 98.6 Å². The van der Waals surface area contributed by atoms with Crippen molar-refractivity contribution in [1.29, 1.82) is 0 Å². The van der Waals surface area contributed by atoms with E-state index < -0.39 is 163 Å². The molecule has 3 rings (SSSR count). The molecule has 1 saturated heterocycles. The van der Waals surface area contributed by atoms with Crippen molar-refractivity contribution in [3.63, 3.8) is 0 Å². The summed E-state index contributed by atoms with van der Waals surface area (Å²) in [5.74, 6) is -14.5. The summed E-state index contributed by atoms with van der Waals surface area (Å²) in [5.41, 5.74) is 39.7. The Balaban J connectivity index is 2.18. The highest BCUT2D eigenvalue weighted by molar-refractivity contribution is 8.76. The van der Waals surface area contributed by atoms with Crippen LogP contribution in [0, 0.1) is 17.8 Å². The third-order valence-corrected chi connectivity index (χ3v) is 18.7. The molecule has 1 aliphatic heterocycles. The van der Waals surface area contributed by atoms with Gasteiger partial charge < -0.3 is 104 Å². The summed E-state index contributed by atoms with van der Waals surface area (Å²) >= 11 is 0. The lowest BCUT2D eigenvalue weighted by molar-refractivity contribution is -0.142. The van der Waals surface area contributed by atoms with Crippen LogP contribution in [0.4, 0.5) is 0 Å². The molecule has 0 spiro atoms. The number of nitrogens with one attached hydrogen (secondary N) is 11. The molecule has 546 valence electrons. The number of carbonyl (C=O) groups excluding carboxylic acids is 12. The van der Waals surface area contributed by atoms with Crippen LogP contribution in [0.3, 0.4) is 0 Å². The molecule has 0 unspecified atom stereocenters. The van der Waals surface area contributed by atoms with Gasteiger partial charge in [-0.25, -0.2) is 0 Å². The van der Waals surface area contributed by atoms with E-state index in [4.69, 9.17) is 40.1 Å². The largest absolute Gasteiger partial charge is 0.481 e. The molecule has 0 bridgehead atoms. The Kier molecular flexibility index (Phi) is 37.8. The van der Waals surface area contributed by atoms with E-state index in [-0.39, 0.29) is 119 Å². The fraction of sp³-hybridized carbons (Fsp3) is 0.639. The van der Waals surface area contributed by atoms with Gasteiger partial charge in [-0.2, -0.15) is 0 Å².